The number of unbranched alkanes of at least 4 members (excludes halogenated alkanes) is 2. The zero-order valence-corrected chi connectivity index (χ0v) is 16.1. The molecule has 27 heavy (non-hydrogen) atoms. The van der Waals surface area contributed by atoms with Crippen molar-refractivity contribution in [3.8, 4) is 23.7 Å². The lowest BCUT2D eigenvalue weighted by atomic mass is 9.89. The predicted octanol–water partition coefficient (Wildman–Crippen LogP) is 2.56. The van der Waals surface area contributed by atoms with Crippen LogP contribution < -0.4 is 0 Å². The lowest BCUT2D eigenvalue weighted by Gasteiger charge is -2.16. The average Bonchev–Trinajstić information content (AvgIpc) is 2.88. The highest BCUT2D eigenvalue weighted by Gasteiger charge is 2.40. The summed E-state index contributed by atoms with van der Waals surface area (Å²) in [5, 5.41) is 28.9. The van der Waals surface area contributed by atoms with Crippen molar-refractivity contribution in [1.82, 2.24) is 0 Å². The van der Waals surface area contributed by atoms with Gasteiger partial charge < -0.3 is 15.3 Å². The quantitative estimate of drug-likeness (QED) is 0.345. The third-order valence-corrected chi connectivity index (χ3v) is 4.73. The van der Waals surface area contributed by atoms with Crippen LogP contribution in [0.15, 0.2) is 12.2 Å². The number of aliphatic hydroxyl groups excluding tert-OH is 2. The molecule has 1 aliphatic rings. The fourth-order valence-electron chi connectivity index (χ4n) is 3.09. The topological polar surface area (TPSA) is 94.8 Å². The summed E-state index contributed by atoms with van der Waals surface area (Å²) in [7, 11) is 0. The molecule has 0 bridgehead atoms. The molecule has 5 nitrogen and oxygen atoms in total. The van der Waals surface area contributed by atoms with Crippen molar-refractivity contribution in [2.75, 3.05) is 0 Å². The smallest absolute Gasteiger partial charge is 0.327 e. The fraction of sp³-hybridized carbons (Fsp3) is 0.636. The first kappa shape index (κ1) is 23.0. The molecule has 5 heteroatoms. The maximum absolute atomic E-state index is 12.2. The summed E-state index contributed by atoms with van der Waals surface area (Å²) in [6, 6.07) is 0. The van der Waals surface area contributed by atoms with Crippen molar-refractivity contribution in [2.24, 2.45) is 17.8 Å². The molecule has 0 aromatic heterocycles. The summed E-state index contributed by atoms with van der Waals surface area (Å²) < 4.78 is 0. The van der Waals surface area contributed by atoms with E-state index < -0.39 is 24.1 Å². The van der Waals surface area contributed by atoms with Gasteiger partial charge in [-0.15, -0.1) is 11.8 Å². The number of aliphatic carboxylic acids is 1. The average molecular weight is 374 g/mol. The van der Waals surface area contributed by atoms with Gasteiger partial charge in [-0.25, -0.2) is 4.79 Å². The van der Waals surface area contributed by atoms with Crippen LogP contribution in [0.4, 0.5) is 0 Å². The molecule has 0 aliphatic heterocycles. The van der Waals surface area contributed by atoms with Gasteiger partial charge in [0.2, 0.25) is 0 Å². The highest BCUT2D eigenvalue weighted by molar-refractivity contribution is 5.85. The van der Waals surface area contributed by atoms with Gasteiger partial charge >= 0.3 is 5.97 Å². The Balaban J connectivity index is 2.58. The van der Waals surface area contributed by atoms with Crippen molar-refractivity contribution >= 4 is 11.8 Å². The molecular formula is C22H30O5. The summed E-state index contributed by atoms with van der Waals surface area (Å²) in [4.78, 5) is 22.6. The van der Waals surface area contributed by atoms with Gasteiger partial charge in [-0.2, -0.15) is 0 Å². The Kier molecular flexibility index (Phi) is 10.5. The highest BCUT2D eigenvalue weighted by atomic mass is 16.4. The minimum Gasteiger partial charge on any atom is -0.478 e. The Morgan fingerprint density at radius 3 is 2.74 bits per heavy atom. The minimum atomic E-state index is -0.965. The predicted molar refractivity (Wildman–Crippen MR) is 103 cm³/mol. The van der Waals surface area contributed by atoms with Crippen LogP contribution >= 0.6 is 0 Å². The minimum absolute atomic E-state index is 0.0132. The van der Waals surface area contributed by atoms with E-state index in [4.69, 9.17) is 5.11 Å². The Morgan fingerprint density at radius 2 is 2.07 bits per heavy atom. The molecule has 5 atom stereocenters. The Bertz CT molecular complexity index is 643. The monoisotopic (exact) mass is 374 g/mol. The Hall–Kier alpha value is -2.08. The van der Waals surface area contributed by atoms with E-state index in [1.165, 1.54) is 0 Å². The van der Waals surface area contributed by atoms with Gasteiger partial charge in [0.05, 0.1) is 12.0 Å². The number of carboxylic acid groups (broad SMARTS) is 1. The molecule has 0 aromatic rings. The van der Waals surface area contributed by atoms with E-state index in [9.17, 15) is 19.8 Å². The van der Waals surface area contributed by atoms with E-state index in [-0.39, 0.29) is 24.0 Å². The maximum Gasteiger partial charge on any atom is 0.327 e. The van der Waals surface area contributed by atoms with Gasteiger partial charge in [0.25, 0.3) is 0 Å². The first-order chi connectivity index (χ1) is 12.9. The number of allylic oxidation sites excluding steroid dienone is 1. The molecule has 1 fully saturated rings. The van der Waals surface area contributed by atoms with Crippen molar-refractivity contribution in [3.63, 3.8) is 0 Å². The summed E-state index contributed by atoms with van der Waals surface area (Å²) in [5.74, 6) is 9.89. The summed E-state index contributed by atoms with van der Waals surface area (Å²) >= 11 is 0. The van der Waals surface area contributed by atoms with Crippen LogP contribution in [0.5, 0.6) is 0 Å². The van der Waals surface area contributed by atoms with Gasteiger partial charge in [0.15, 0.2) is 0 Å². The van der Waals surface area contributed by atoms with E-state index in [1.54, 1.807) is 6.08 Å². The molecule has 0 aromatic carbocycles. The number of rotatable bonds is 8. The first-order valence-electron chi connectivity index (χ1n) is 9.61. The summed E-state index contributed by atoms with van der Waals surface area (Å²) in [5.41, 5.74) is 0. The summed E-state index contributed by atoms with van der Waals surface area (Å²) in [6.07, 6.45) is 5.33. The maximum atomic E-state index is 12.2. The number of carbonyl (C=O) groups is 2. The van der Waals surface area contributed by atoms with Gasteiger partial charge in [0, 0.05) is 37.2 Å². The zero-order chi connectivity index (χ0) is 20.2. The van der Waals surface area contributed by atoms with Gasteiger partial charge in [0.1, 0.15) is 11.9 Å². The first-order valence-corrected chi connectivity index (χ1v) is 9.61. The lowest BCUT2D eigenvalue weighted by Crippen LogP contribution is -2.21. The van der Waals surface area contributed by atoms with E-state index >= 15 is 0 Å². The number of carboxylic acids is 1. The molecule has 1 aliphatic carbocycles. The second kappa shape index (κ2) is 12.3. The number of aliphatic hydroxyl groups is 2. The van der Waals surface area contributed by atoms with Crippen LogP contribution in [0.25, 0.3) is 0 Å². The second-order valence-electron chi connectivity index (χ2n) is 7.02. The third kappa shape index (κ3) is 8.43. The molecule has 1 unspecified atom stereocenters. The molecule has 0 spiro atoms. The number of hydrogen-bond donors (Lipinski definition) is 3. The molecule has 1 rings (SSSR count). The molecular weight excluding hydrogens is 344 g/mol. The molecule has 0 amide bonds. The largest absolute Gasteiger partial charge is 0.478 e. The lowest BCUT2D eigenvalue weighted by molar-refractivity contribution is -0.131. The van der Waals surface area contributed by atoms with Gasteiger partial charge in [-0.3, -0.25) is 4.79 Å². The summed E-state index contributed by atoms with van der Waals surface area (Å²) in [6.45, 7) is 3.84. The van der Waals surface area contributed by atoms with Gasteiger partial charge in [-0.05, 0) is 19.3 Å². The van der Waals surface area contributed by atoms with E-state index in [0.29, 0.717) is 19.3 Å². The molecule has 0 saturated heterocycles. The number of Topliss-reactive ketones (excluding diaryl/α,β-unsaturated/α-hetero) is 1. The van der Waals surface area contributed by atoms with Crippen molar-refractivity contribution in [2.45, 2.75) is 71.0 Å². The van der Waals surface area contributed by atoms with Crippen LogP contribution in [0.1, 0.15) is 58.8 Å². The van der Waals surface area contributed by atoms with Crippen LogP contribution in [0.2, 0.25) is 0 Å². The zero-order valence-electron chi connectivity index (χ0n) is 16.1. The standard InChI is InChI=1S/C22H30O5/c1-3-4-7-10-16(2)19(23)14-13-18-17(20(24)15-21(18)25)11-8-5-6-9-12-22(26)27/h9,12,16-19,21,23,25H,3,5-6,8,10-11,15H2,1-2H3,(H,26,27)/b12-9+/t16?,17-,18-,19-,21-/m1/s1. The molecule has 0 heterocycles. The van der Waals surface area contributed by atoms with E-state index in [2.05, 4.69) is 23.7 Å². The van der Waals surface area contributed by atoms with Crippen LogP contribution in [0, 0.1) is 41.4 Å². The Morgan fingerprint density at radius 1 is 1.33 bits per heavy atom. The van der Waals surface area contributed by atoms with Gasteiger partial charge in [-0.1, -0.05) is 38.2 Å². The van der Waals surface area contributed by atoms with E-state index in [0.717, 1.165) is 25.3 Å². The molecule has 148 valence electrons. The Labute approximate surface area is 161 Å². The number of carbonyl (C=O) groups excluding carboxylic acids is 1. The third-order valence-electron chi connectivity index (χ3n) is 4.73. The normalized spacial score (nSPS) is 24.0. The number of ketones is 1. The van der Waals surface area contributed by atoms with Crippen LogP contribution in [0.3, 0.4) is 0 Å². The molecule has 3 N–H and O–H groups in total. The number of hydrogen-bond acceptors (Lipinski definition) is 4. The van der Waals surface area contributed by atoms with E-state index in [1.807, 2.05) is 13.8 Å². The highest BCUT2D eigenvalue weighted by Crippen LogP contribution is 2.32. The van der Waals surface area contributed by atoms with Crippen LogP contribution in [-0.2, 0) is 9.59 Å². The molecule has 0 radical (unpaired) electrons. The van der Waals surface area contributed by atoms with Crippen molar-refractivity contribution in [3.05, 3.63) is 12.2 Å². The molecule has 1 saturated carbocycles. The van der Waals surface area contributed by atoms with Crippen molar-refractivity contribution in [1.29, 1.82) is 0 Å². The fourth-order valence-corrected chi connectivity index (χ4v) is 3.09. The van der Waals surface area contributed by atoms with Crippen molar-refractivity contribution < 1.29 is 24.9 Å². The second-order valence-corrected chi connectivity index (χ2v) is 7.02. The SMILES string of the molecule is CCC#CCC(C)[C@H](O)C#C[C@H]1[C@H](O)CC(=O)[C@@H]1CCCC/C=C/C(=O)O. The van der Waals surface area contributed by atoms with Crippen LogP contribution in [-0.4, -0.2) is 39.3 Å².